The quantitative estimate of drug-likeness (QED) is 0.257. The molecule has 1 saturated heterocycles. The monoisotopic (exact) mass is 626 g/mol. The van der Waals surface area contributed by atoms with Gasteiger partial charge in [0, 0.05) is 29.8 Å². The van der Waals surface area contributed by atoms with E-state index in [4.69, 9.17) is 19.3 Å². The van der Waals surface area contributed by atoms with Gasteiger partial charge in [-0.2, -0.15) is 5.10 Å². The number of ether oxygens (including phenoxy) is 3. The summed E-state index contributed by atoms with van der Waals surface area (Å²) in [6.07, 6.45) is 1.89. The zero-order chi connectivity index (χ0) is 31.5. The highest BCUT2D eigenvalue weighted by Gasteiger charge is 2.39. The Labute approximate surface area is 267 Å². The molecule has 3 aromatic carbocycles. The smallest absolute Gasteiger partial charge is 0.240 e. The van der Waals surface area contributed by atoms with Crippen molar-refractivity contribution in [1.29, 1.82) is 0 Å². The van der Waals surface area contributed by atoms with Crippen LogP contribution in [0.25, 0.3) is 16.9 Å². The standard InChI is InChI=1S/C35H38N4O5S/c1-22-12-14-28(23(2)17-22)39-35-32(33(37-39)24-9-6-5-7-10-24)34(27-18-25(42-3)13-15-29(27)43-4)45-21-31(41)38(35)20-30(40)36-19-26-11-8-16-44-26/h5-7,9-10,12-15,17-18,26,34H,8,11,16,19-21H2,1-4H3,(H,36,40)/t26-,34+/m1/s1. The molecular formula is C35H38N4O5S. The van der Waals surface area contributed by atoms with Crippen LogP contribution in [0.4, 0.5) is 5.82 Å². The second-order valence-corrected chi connectivity index (χ2v) is 12.5. The number of aryl methyl sites for hydroxylation is 2. The molecule has 10 heteroatoms. The van der Waals surface area contributed by atoms with Gasteiger partial charge in [0.05, 0.1) is 42.7 Å². The average molecular weight is 627 g/mol. The normalized spacial score (nSPS) is 18.0. The molecule has 0 spiro atoms. The minimum absolute atomic E-state index is 0.00442. The number of methoxy groups -OCH3 is 2. The number of hydrogen-bond acceptors (Lipinski definition) is 7. The lowest BCUT2D eigenvalue weighted by atomic mass is 9.98. The van der Waals surface area contributed by atoms with Gasteiger partial charge in [-0.15, -0.1) is 11.8 Å². The number of aromatic nitrogens is 2. The van der Waals surface area contributed by atoms with E-state index >= 15 is 0 Å². The van der Waals surface area contributed by atoms with Crippen LogP contribution in [0.5, 0.6) is 11.5 Å². The first-order valence-electron chi connectivity index (χ1n) is 15.2. The van der Waals surface area contributed by atoms with E-state index < -0.39 is 0 Å². The fourth-order valence-electron chi connectivity index (χ4n) is 6.06. The first kappa shape index (κ1) is 30.7. The topological polar surface area (TPSA) is 94.9 Å². The molecule has 6 rings (SSSR count). The van der Waals surface area contributed by atoms with Gasteiger partial charge in [-0.05, 0) is 56.5 Å². The van der Waals surface area contributed by atoms with Crippen LogP contribution in [0, 0.1) is 13.8 Å². The fraction of sp³-hybridized carbons (Fsp3) is 0.343. The first-order chi connectivity index (χ1) is 21.9. The van der Waals surface area contributed by atoms with Gasteiger partial charge in [0.25, 0.3) is 0 Å². The summed E-state index contributed by atoms with van der Waals surface area (Å²) in [7, 11) is 3.27. The van der Waals surface area contributed by atoms with Gasteiger partial charge < -0.3 is 19.5 Å². The first-order valence-corrected chi connectivity index (χ1v) is 16.2. The van der Waals surface area contributed by atoms with Crippen LogP contribution in [0.15, 0.2) is 66.7 Å². The summed E-state index contributed by atoms with van der Waals surface area (Å²) in [5, 5.41) is 7.87. The van der Waals surface area contributed by atoms with Gasteiger partial charge in [-0.25, -0.2) is 4.68 Å². The molecule has 0 bridgehead atoms. The maximum absolute atomic E-state index is 14.1. The second-order valence-electron chi connectivity index (χ2n) is 11.4. The lowest BCUT2D eigenvalue weighted by Crippen LogP contribution is -2.44. The average Bonchev–Trinajstić information content (AvgIpc) is 3.69. The number of hydrogen-bond donors (Lipinski definition) is 1. The summed E-state index contributed by atoms with van der Waals surface area (Å²) in [6.45, 7) is 5.06. The van der Waals surface area contributed by atoms with Crippen LogP contribution in [0.1, 0.15) is 40.3 Å². The molecule has 2 aliphatic rings. The van der Waals surface area contributed by atoms with Crippen molar-refractivity contribution in [3.63, 3.8) is 0 Å². The zero-order valence-electron chi connectivity index (χ0n) is 26.0. The van der Waals surface area contributed by atoms with Gasteiger partial charge in [0.1, 0.15) is 23.9 Å². The number of carbonyl (C=O) groups excluding carboxylic acids is 2. The molecule has 1 fully saturated rings. The SMILES string of the molecule is COc1ccc(OC)c([C@@H]2SCC(=O)N(CC(=O)NC[C@H]3CCCO3)c3c2c(-c2ccccc2)nn3-c2ccc(C)cc2C)c1. The minimum atomic E-state index is -0.358. The highest BCUT2D eigenvalue weighted by molar-refractivity contribution is 8.00. The van der Waals surface area contributed by atoms with Crippen molar-refractivity contribution in [2.75, 3.05) is 44.6 Å². The third-order valence-corrected chi connectivity index (χ3v) is 9.53. The van der Waals surface area contributed by atoms with E-state index in [1.165, 1.54) is 11.8 Å². The lowest BCUT2D eigenvalue weighted by Gasteiger charge is -2.24. The van der Waals surface area contributed by atoms with Crippen LogP contribution < -0.4 is 19.7 Å². The summed E-state index contributed by atoms with van der Waals surface area (Å²) >= 11 is 1.49. The molecule has 1 aromatic heterocycles. The van der Waals surface area contributed by atoms with Crippen LogP contribution in [0.2, 0.25) is 0 Å². The highest BCUT2D eigenvalue weighted by atomic mass is 32.2. The summed E-state index contributed by atoms with van der Waals surface area (Å²) in [5.41, 5.74) is 6.28. The molecular weight excluding hydrogens is 588 g/mol. The van der Waals surface area contributed by atoms with Crippen molar-refractivity contribution in [1.82, 2.24) is 15.1 Å². The van der Waals surface area contributed by atoms with Crippen molar-refractivity contribution >= 4 is 29.4 Å². The van der Waals surface area contributed by atoms with E-state index in [1.807, 2.05) is 79.2 Å². The molecule has 0 saturated carbocycles. The number of fused-ring (bicyclic) bond motifs is 1. The van der Waals surface area contributed by atoms with Crippen LogP contribution in [-0.4, -0.2) is 67.4 Å². The minimum Gasteiger partial charge on any atom is -0.497 e. The van der Waals surface area contributed by atoms with Crippen molar-refractivity contribution in [3.05, 3.63) is 89.0 Å². The second kappa shape index (κ2) is 13.4. The molecule has 0 radical (unpaired) electrons. The van der Waals surface area contributed by atoms with Crippen LogP contribution in [-0.2, 0) is 14.3 Å². The van der Waals surface area contributed by atoms with E-state index in [0.717, 1.165) is 52.0 Å². The van der Waals surface area contributed by atoms with E-state index in [1.54, 1.807) is 19.1 Å². The van der Waals surface area contributed by atoms with Gasteiger partial charge in [-0.1, -0.05) is 48.0 Å². The molecule has 9 nitrogen and oxygen atoms in total. The largest absolute Gasteiger partial charge is 0.497 e. The van der Waals surface area contributed by atoms with Gasteiger partial charge in [0.15, 0.2) is 0 Å². The number of carbonyl (C=O) groups is 2. The maximum Gasteiger partial charge on any atom is 0.240 e. The number of anilines is 1. The maximum atomic E-state index is 14.1. The molecule has 1 N–H and O–H groups in total. The summed E-state index contributed by atoms with van der Waals surface area (Å²) in [5.74, 6) is 1.65. The van der Waals surface area contributed by atoms with Crippen LogP contribution >= 0.6 is 11.8 Å². The Morgan fingerprint density at radius 3 is 2.60 bits per heavy atom. The summed E-state index contributed by atoms with van der Waals surface area (Å²) in [4.78, 5) is 29.2. The summed E-state index contributed by atoms with van der Waals surface area (Å²) < 4.78 is 19.0. The van der Waals surface area contributed by atoms with Gasteiger partial charge in [0.2, 0.25) is 11.8 Å². The molecule has 3 heterocycles. The highest BCUT2D eigenvalue weighted by Crippen LogP contribution is 2.51. The van der Waals surface area contributed by atoms with Crippen LogP contribution in [0.3, 0.4) is 0 Å². The molecule has 0 aliphatic carbocycles. The molecule has 2 amide bonds. The Morgan fingerprint density at radius 1 is 1.07 bits per heavy atom. The molecule has 0 unspecified atom stereocenters. The lowest BCUT2D eigenvalue weighted by molar-refractivity contribution is -0.123. The predicted octanol–water partition coefficient (Wildman–Crippen LogP) is 5.64. The molecule has 2 atom stereocenters. The third kappa shape index (κ3) is 6.30. The number of nitrogens with one attached hydrogen (secondary N) is 1. The van der Waals surface area contributed by atoms with E-state index in [2.05, 4.69) is 11.4 Å². The Bertz CT molecular complexity index is 1700. The number of amides is 2. The van der Waals surface area contributed by atoms with E-state index in [-0.39, 0.29) is 35.5 Å². The Balaban J connectivity index is 1.57. The molecule has 4 aromatic rings. The van der Waals surface area contributed by atoms with Crippen molar-refractivity contribution < 1.29 is 23.8 Å². The van der Waals surface area contributed by atoms with E-state index in [9.17, 15) is 9.59 Å². The predicted molar refractivity (Wildman–Crippen MR) is 177 cm³/mol. The number of benzene rings is 3. The van der Waals surface area contributed by atoms with Gasteiger partial charge in [-0.3, -0.25) is 14.5 Å². The third-order valence-electron chi connectivity index (χ3n) is 8.29. The molecule has 45 heavy (non-hydrogen) atoms. The van der Waals surface area contributed by atoms with Gasteiger partial charge >= 0.3 is 0 Å². The zero-order valence-corrected chi connectivity index (χ0v) is 26.9. The fourth-order valence-corrected chi connectivity index (χ4v) is 7.27. The van der Waals surface area contributed by atoms with Crippen molar-refractivity contribution in [2.45, 2.75) is 38.0 Å². The Morgan fingerprint density at radius 2 is 1.89 bits per heavy atom. The number of rotatable bonds is 9. The Kier molecular flexibility index (Phi) is 9.14. The number of nitrogens with zero attached hydrogens (tertiary/aromatic N) is 3. The number of thioether (sulfide) groups is 1. The van der Waals surface area contributed by atoms with Crippen molar-refractivity contribution in [2.24, 2.45) is 0 Å². The van der Waals surface area contributed by atoms with E-state index in [0.29, 0.717) is 30.5 Å². The molecule has 2 aliphatic heterocycles. The Hall–Kier alpha value is -4.28. The molecule has 234 valence electrons. The van der Waals surface area contributed by atoms with Crippen molar-refractivity contribution in [3.8, 4) is 28.4 Å². The summed E-state index contributed by atoms with van der Waals surface area (Å²) in [6, 6.07) is 21.8.